The largest absolute Gasteiger partial charge is 0.473 e. The van der Waals surface area contributed by atoms with Crippen molar-refractivity contribution in [3.8, 4) is 5.88 Å². The molecule has 7 heteroatoms. The Balaban J connectivity index is 1.19. The molecule has 1 aromatic heterocycles. The van der Waals surface area contributed by atoms with Crippen molar-refractivity contribution in [2.75, 3.05) is 6.61 Å². The van der Waals surface area contributed by atoms with Crippen molar-refractivity contribution in [2.24, 2.45) is 11.8 Å². The molecule has 0 N–H and O–H groups in total. The first-order chi connectivity index (χ1) is 17.8. The molecule has 3 aromatic rings. The summed E-state index contributed by atoms with van der Waals surface area (Å²) in [6.45, 7) is 2.50. The maximum absolute atomic E-state index is 13.7. The number of carbonyl (C=O) groups is 1. The van der Waals surface area contributed by atoms with Crippen LogP contribution in [0.2, 0.25) is 0 Å². The van der Waals surface area contributed by atoms with E-state index in [2.05, 4.69) is 4.98 Å². The lowest BCUT2D eigenvalue weighted by Gasteiger charge is -2.28. The Morgan fingerprint density at radius 2 is 1.89 bits per heavy atom. The third-order valence-corrected chi connectivity index (χ3v) is 8.09. The minimum Gasteiger partial charge on any atom is -0.473 e. The topological polar surface area (TPSA) is 48.4 Å². The number of alkyl halides is 3. The summed E-state index contributed by atoms with van der Waals surface area (Å²) in [6, 6.07) is 13.9. The third-order valence-electron chi connectivity index (χ3n) is 8.09. The predicted octanol–water partition coefficient (Wildman–Crippen LogP) is 6.60. The van der Waals surface area contributed by atoms with Crippen molar-refractivity contribution in [1.82, 2.24) is 4.98 Å². The SMILES string of the molecule is CCOC(=O)[C@H]1[C@@H]2Cc3cc(OCc4ccc5c(c4)C(c4ccccc4C(F)(F)F)CCC5)ncc3[C@@H]21. The van der Waals surface area contributed by atoms with Crippen LogP contribution in [0, 0.1) is 11.8 Å². The van der Waals surface area contributed by atoms with Crippen LogP contribution < -0.4 is 4.74 Å². The molecule has 3 aliphatic carbocycles. The van der Waals surface area contributed by atoms with Gasteiger partial charge >= 0.3 is 12.1 Å². The maximum atomic E-state index is 13.7. The Labute approximate surface area is 213 Å². The van der Waals surface area contributed by atoms with E-state index in [9.17, 15) is 18.0 Å². The van der Waals surface area contributed by atoms with Crippen LogP contribution in [0.4, 0.5) is 13.2 Å². The molecule has 6 rings (SSSR count). The van der Waals surface area contributed by atoms with Crippen LogP contribution >= 0.6 is 0 Å². The van der Waals surface area contributed by atoms with Gasteiger partial charge in [0.2, 0.25) is 5.88 Å². The molecule has 0 bridgehead atoms. The summed E-state index contributed by atoms with van der Waals surface area (Å²) >= 11 is 0. The van der Waals surface area contributed by atoms with Crippen LogP contribution in [0.15, 0.2) is 54.7 Å². The molecule has 1 unspecified atom stereocenters. The molecule has 0 saturated heterocycles. The summed E-state index contributed by atoms with van der Waals surface area (Å²) in [5, 5.41) is 0. The van der Waals surface area contributed by atoms with Crippen molar-refractivity contribution < 1.29 is 27.4 Å². The molecule has 192 valence electrons. The van der Waals surface area contributed by atoms with Gasteiger partial charge in [-0.2, -0.15) is 13.2 Å². The monoisotopic (exact) mass is 507 g/mol. The molecule has 0 amide bonds. The number of rotatable bonds is 6. The fourth-order valence-electron chi connectivity index (χ4n) is 6.38. The zero-order valence-electron chi connectivity index (χ0n) is 20.6. The number of pyridine rings is 1. The van der Waals surface area contributed by atoms with Crippen molar-refractivity contribution in [3.05, 3.63) is 93.7 Å². The third kappa shape index (κ3) is 4.38. The fraction of sp³-hybridized carbons (Fsp3) is 0.400. The van der Waals surface area contributed by atoms with Gasteiger partial charge in [-0.25, -0.2) is 4.98 Å². The average molecular weight is 508 g/mol. The number of benzene rings is 2. The molecule has 0 radical (unpaired) electrons. The molecule has 1 fully saturated rings. The maximum Gasteiger partial charge on any atom is 0.416 e. The van der Waals surface area contributed by atoms with Crippen LogP contribution in [-0.4, -0.2) is 17.6 Å². The predicted molar refractivity (Wildman–Crippen MR) is 131 cm³/mol. The zero-order chi connectivity index (χ0) is 25.7. The van der Waals surface area contributed by atoms with Gasteiger partial charge < -0.3 is 9.47 Å². The molecule has 0 aliphatic heterocycles. The highest BCUT2D eigenvalue weighted by molar-refractivity contribution is 5.79. The van der Waals surface area contributed by atoms with Gasteiger partial charge in [-0.05, 0) is 78.0 Å². The van der Waals surface area contributed by atoms with Gasteiger partial charge in [0.05, 0.1) is 18.1 Å². The molecule has 4 atom stereocenters. The van der Waals surface area contributed by atoms with E-state index in [1.807, 2.05) is 37.4 Å². The van der Waals surface area contributed by atoms with Gasteiger partial charge in [-0.15, -0.1) is 0 Å². The number of fused-ring (bicyclic) bond motifs is 4. The number of hydrogen-bond donors (Lipinski definition) is 0. The minimum atomic E-state index is -4.38. The highest BCUT2D eigenvalue weighted by Crippen LogP contribution is 2.61. The van der Waals surface area contributed by atoms with Gasteiger partial charge in [0.25, 0.3) is 0 Å². The van der Waals surface area contributed by atoms with E-state index >= 15 is 0 Å². The lowest BCUT2D eigenvalue weighted by molar-refractivity contribution is -0.145. The molecular weight excluding hydrogens is 479 g/mol. The van der Waals surface area contributed by atoms with E-state index in [4.69, 9.17) is 9.47 Å². The highest BCUT2D eigenvalue weighted by Gasteiger charge is 2.60. The molecule has 1 heterocycles. The normalized spacial score (nSPS) is 23.6. The summed E-state index contributed by atoms with van der Waals surface area (Å²) in [6.07, 6.45) is 0.657. The number of nitrogens with zero attached hydrogens (tertiary/aromatic N) is 1. The lowest BCUT2D eigenvalue weighted by atomic mass is 9.77. The first-order valence-corrected chi connectivity index (χ1v) is 12.9. The standard InChI is InChI=1S/C30H28F3NO3/c1-2-36-29(35)28-23-13-19-14-26(34-15-24(19)27(23)28)37-16-17-10-11-18-6-5-8-20(22(18)12-17)21-7-3-4-9-25(21)30(31,32)33/h3-4,7,9-12,14-15,20,23,27-28H,2,5-6,8,13,16H2,1H3/t20?,23-,27-,28+/m1/s1. The Morgan fingerprint density at radius 3 is 2.70 bits per heavy atom. The summed E-state index contributed by atoms with van der Waals surface area (Å²) in [5.74, 6) is 0.554. The van der Waals surface area contributed by atoms with Gasteiger partial charge in [-0.3, -0.25) is 4.79 Å². The molecule has 37 heavy (non-hydrogen) atoms. The van der Waals surface area contributed by atoms with E-state index < -0.39 is 11.7 Å². The quantitative estimate of drug-likeness (QED) is 0.353. The first-order valence-electron chi connectivity index (χ1n) is 12.9. The highest BCUT2D eigenvalue weighted by atomic mass is 19.4. The molecular formula is C30H28F3NO3. The van der Waals surface area contributed by atoms with Crippen molar-refractivity contribution in [3.63, 3.8) is 0 Å². The van der Waals surface area contributed by atoms with Gasteiger partial charge in [0.15, 0.2) is 0 Å². The van der Waals surface area contributed by atoms with E-state index in [1.54, 1.807) is 12.1 Å². The van der Waals surface area contributed by atoms with Crippen molar-refractivity contribution in [1.29, 1.82) is 0 Å². The second-order valence-electron chi connectivity index (χ2n) is 10.2. The molecule has 0 spiro atoms. The van der Waals surface area contributed by atoms with Gasteiger partial charge in [0.1, 0.15) is 6.61 Å². The number of esters is 1. The van der Waals surface area contributed by atoms with Crippen LogP contribution in [-0.2, 0) is 35.2 Å². The molecule has 4 nitrogen and oxygen atoms in total. The Kier molecular flexibility index (Phi) is 5.97. The number of halogens is 3. The minimum absolute atomic E-state index is 0.0491. The van der Waals surface area contributed by atoms with Gasteiger partial charge in [0, 0.05) is 24.1 Å². The summed E-state index contributed by atoms with van der Waals surface area (Å²) in [7, 11) is 0. The summed E-state index contributed by atoms with van der Waals surface area (Å²) in [4.78, 5) is 16.6. The van der Waals surface area contributed by atoms with E-state index in [-0.39, 0.29) is 30.3 Å². The number of aryl methyl sites for hydroxylation is 1. The van der Waals surface area contributed by atoms with Crippen LogP contribution in [0.25, 0.3) is 0 Å². The second kappa shape index (κ2) is 9.19. The Hall–Kier alpha value is -3.35. The fourth-order valence-corrected chi connectivity index (χ4v) is 6.38. The number of carbonyl (C=O) groups excluding carboxylic acids is 1. The van der Waals surface area contributed by atoms with Crippen molar-refractivity contribution >= 4 is 5.97 Å². The second-order valence-corrected chi connectivity index (χ2v) is 10.2. The Bertz CT molecular complexity index is 1350. The smallest absolute Gasteiger partial charge is 0.416 e. The van der Waals surface area contributed by atoms with Crippen molar-refractivity contribution in [2.45, 2.75) is 57.2 Å². The lowest BCUT2D eigenvalue weighted by Crippen LogP contribution is -2.17. The first kappa shape index (κ1) is 24.0. The van der Waals surface area contributed by atoms with Crippen LogP contribution in [0.1, 0.15) is 70.5 Å². The number of aromatic nitrogens is 1. The van der Waals surface area contributed by atoms with E-state index in [0.29, 0.717) is 30.4 Å². The molecule has 3 aliphatic rings. The molecule has 2 aromatic carbocycles. The Morgan fingerprint density at radius 1 is 1.05 bits per heavy atom. The zero-order valence-corrected chi connectivity index (χ0v) is 20.6. The summed E-state index contributed by atoms with van der Waals surface area (Å²) < 4.78 is 52.4. The van der Waals surface area contributed by atoms with E-state index in [0.717, 1.165) is 47.1 Å². The summed E-state index contributed by atoms with van der Waals surface area (Å²) in [5.41, 5.74) is 5.01. The van der Waals surface area contributed by atoms with Crippen LogP contribution in [0.5, 0.6) is 5.88 Å². The van der Waals surface area contributed by atoms with Crippen LogP contribution in [0.3, 0.4) is 0 Å². The van der Waals surface area contributed by atoms with E-state index in [1.165, 1.54) is 12.1 Å². The van der Waals surface area contributed by atoms with Gasteiger partial charge in [-0.1, -0.05) is 36.4 Å². The molecule has 1 saturated carbocycles. The number of ether oxygens (including phenoxy) is 2. The number of hydrogen-bond acceptors (Lipinski definition) is 4. The average Bonchev–Trinajstić information content (AvgIpc) is 3.48.